The normalized spacial score (nSPS) is 24.5. The van der Waals surface area contributed by atoms with Gasteiger partial charge in [-0.2, -0.15) is 5.10 Å². The van der Waals surface area contributed by atoms with Crippen LogP contribution in [0.5, 0.6) is 0 Å². The van der Waals surface area contributed by atoms with Crippen molar-refractivity contribution in [3.63, 3.8) is 0 Å². The van der Waals surface area contributed by atoms with Crippen LogP contribution in [0.3, 0.4) is 0 Å². The lowest BCUT2D eigenvalue weighted by Gasteiger charge is -2.32. The highest BCUT2D eigenvalue weighted by Crippen LogP contribution is 2.40. The molecule has 3 nitrogen and oxygen atoms in total. The fourth-order valence-electron chi connectivity index (χ4n) is 3.55. The molecule has 1 aliphatic rings. The molecule has 0 spiro atoms. The Morgan fingerprint density at radius 1 is 1.33 bits per heavy atom. The van der Waals surface area contributed by atoms with Crippen LogP contribution in [0, 0.1) is 11.8 Å². The summed E-state index contributed by atoms with van der Waals surface area (Å²) in [6.45, 7) is 6.40. The van der Waals surface area contributed by atoms with Crippen molar-refractivity contribution in [2.75, 3.05) is 0 Å². The molecular formula is C17H29ClN2O. The molecule has 1 N–H and O–H groups in total. The number of aromatic nitrogens is 2. The molecule has 1 atom stereocenters. The zero-order valence-electron chi connectivity index (χ0n) is 13.6. The topological polar surface area (TPSA) is 38.1 Å². The molecule has 1 aromatic rings. The summed E-state index contributed by atoms with van der Waals surface area (Å²) in [5.41, 5.74) is 0.809. The van der Waals surface area contributed by atoms with E-state index in [0.29, 0.717) is 10.9 Å². The number of rotatable bonds is 6. The second-order valence-corrected chi connectivity index (χ2v) is 7.19. The predicted octanol–water partition coefficient (Wildman–Crippen LogP) is 5.15. The summed E-state index contributed by atoms with van der Waals surface area (Å²) < 4.78 is 1.87. The van der Waals surface area contributed by atoms with Crippen molar-refractivity contribution in [1.82, 2.24) is 9.78 Å². The summed E-state index contributed by atoms with van der Waals surface area (Å²) in [7, 11) is 0. The monoisotopic (exact) mass is 312 g/mol. The van der Waals surface area contributed by atoms with Gasteiger partial charge in [0, 0.05) is 6.04 Å². The summed E-state index contributed by atoms with van der Waals surface area (Å²) in [6, 6.07) is 0.225. The van der Waals surface area contributed by atoms with E-state index in [9.17, 15) is 5.11 Å². The van der Waals surface area contributed by atoms with Crippen molar-refractivity contribution in [2.24, 2.45) is 11.8 Å². The number of hydrogen-bond donors (Lipinski definition) is 1. The maximum absolute atomic E-state index is 10.8. The van der Waals surface area contributed by atoms with Crippen molar-refractivity contribution in [3.05, 3.63) is 16.9 Å². The van der Waals surface area contributed by atoms with E-state index < -0.39 is 6.10 Å². The van der Waals surface area contributed by atoms with E-state index in [-0.39, 0.29) is 6.04 Å². The lowest BCUT2D eigenvalue weighted by Crippen LogP contribution is -2.23. The second kappa shape index (κ2) is 7.64. The van der Waals surface area contributed by atoms with Gasteiger partial charge in [0.1, 0.15) is 0 Å². The van der Waals surface area contributed by atoms with E-state index in [1.807, 2.05) is 4.68 Å². The summed E-state index contributed by atoms with van der Waals surface area (Å²) >= 11 is 6.26. The number of hydrogen-bond acceptors (Lipinski definition) is 2. The molecule has 0 amide bonds. The Morgan fingerprint density at radius 3 is 2.57 bits per heavy atom. The quantitative estimate of drug-likeness (QED) is 0.789. The molecule has 0 aromatic carbocycles. The molecule has 4 heteroatoms. The van der Waals surface area contributed by atoms with Crippen LogP contribution in [-0.2, 0) is 0 Å². The molecule has 120 valence electrons. The maximum Gasteiger partial charge on any atom is 0.0999 e. The lowest BCUT2D eigenvalue weighted by atomic mass is 9.77. The molecule has 1 aliphatic carbocycles. The van der Waals surface area contributed by atoms with Gasteiger partial charge in [-0.15, -0.1) is 0 Å². The fraction of sp³-hybridized carbons (Fsp3) is 0.824. The zero-order chi connectivity index (χ0) is 15.4. The SMILES string of the molecule is CCCCC1CCC(C(O)c2c(Cl)cnn2C(C)C)CC1. The summed E-state index contributed by atoms with van der Waals surface area (Å²) in [5.74, 6) is 1.19. The second-order valence-electron chi connectivity index (χ2n) is 6.78. The molecule has 1 aromatic heterocycles. The lowest BCUT2D eigenvalue weighted by molar-refractivity contribution is 0.0639. The Labute approximate surface area is 133 Å². The fourth-order valence-corrected chi connectivity index (χ4v) is 3.79. The van der Waals surface area contributed by atoms with E-state index in [1.54, 1.807) is 6.20 Å². The predicted molar refractivity (Wildman–Crippen MR) is 87.6 cm³/mol. The zero-order valence-corrected chi connectivity index (χ0v) is 14.3. The summed E-state index contributed by atoms with van der Waals surface area (Å²) in [4.78, 5) is 0. The highest BCUT2D eigenvalue weighted by Gasteiger charge is 2.31. The van der Waals surface area contributed by atoms with Gasteiger partial charge in [-0.25, -0.2) is 0 Å². The standard InChI is InChI=1S/C17H29ClN2O/c1-4-5-6-13-7-9-14(10-8-13)17(21)16-15(18)11-19-20(16)12(2)3/h11-14,17,21H,4-10H2,1-3H3. The molecule has 0 aliphatic heterocycles. The van der Waals surface area contributed by atoms with Crippen molar-refractivity contribution in [3.8, 4) is 0 Å². The van der Waals surface area contributed by atoms with Crippen LogP contribution in [0.4, 0.5) is 0 Å². The van der Waals surface area contributed by atoms with Gasteiger partial charge in [0.05, 0.1) is 23.0 Å². The first-order chi connectivity index (χ1) is 10.0. The first-order valence-corrected chi connectivity index (χ1v) is 8.83. The van der Waals surface area contributed by atoms with E-state index in [1.165, 1.54) is 32.1 Å². The van der Waals surface area contributed by atoms with Crippen LogP contribution < -0.4 is 0 Å². The third-order valence-electron chi connectivity index (χ3n) is 4.86. The Bertz CT molecular complexity index is 436. The Morgan fingerprint density at radius 2 is 2.00 bits per heavy atom. The molecule has 21 heavy (non-hydrogen) atoms. The van der Waals surface area contributed by atoms with E-state index in [0.717, 1.165) is 24.5 Å². The van der Waals surface area contributed by atoms with E-state index >= 15 is 0 Å². The van der Waals surface area contributed by atoms with Crippen LogP contribution in [0.25, 0.3) is 0 Å². The number of aliphatic hydroxyl groups is 1. The first kappa shape index (κ1) is 16.8. The Hall–Kier alpha value is -0.540. The average molecular weight is 313 g/mol. The van der Waals surface area contributed by atoms with Crippen LogP contribution in [0.2, 0.25) is 5.02 Å². The van der Waals surface area contributed by atoms with E-state index in [2.05, 4.69) is 25.9 Å². The van der Waals surface area contributed by atoms with Gasteiger partial charge in [-0.1, -0.05) is 50.6 Å². The minimum absolute atomic E-state index is 0.225. The molecule has 1 saturated carbocycles. The van der Waals surface area contributed by atoms with Gasteiger partial charge in [0.25, 0.3) is 0 Å². The molecule has 0 saturated heterocycles. The van der Waals surface area contributed by atoms with Gasteiger partial charge in [-0.3, -0.25) is 4.68 Å². The highest BCUT2D eigenvalue weighted by atomic mass is 35.5. The molecular weight excluding hydrogens is 284 g/mol. The minimum Gasteiger partial charge on any atom is -0.386 e. The third kappa shape index (κ3) is 4.01. The number of nitrogens with zero attached hydrogens (tertiary/aromatic N) is 2. The van der Waals surface area contributed by atoms with Crippen LogP contribution >= 0.6 is 11.6 Å². The number of aliphatic hydroxyl groups excluding tert-OH is 1. The molecule has 1 heterocycles. The molecule has 0 bridgehead atoms. The van der Waals surface area contributed by atoms with Crippen LogP contribution in [0.1, 0.15) is 83.6 Å². The largest absolute Gasteiger partial charge is 0.386 e. The Balaban J connectivity index is 1.99. The molecule has 0 radical (unpaired) electrons. The smallest absolute Gasteiger partial charge is 0.0999 e. The van der Waals surface area contributed by atoms with E-state index in [4.69, 9.17) is 11.6 Å². The van der Waals surface area contributed by atoms with Crippen molar-refractivity contribution in [2.45, 2.75) is 77.9 Å². The van der Waals surface area contributed by atoms with Crippen LogP contribution in [0.15, 0.2) is 6.20 Å². The third-order valence-corrected chi connectivity index (χ3v) is 5.15. The summed E-state index contributed by atoms with van der Waals surface area (Å²) in [5, 5.41) is 15.7. The van der Waals surface area contributed by atoms with Gasteiger partial charge < -0.3 is 5.11 Å². The van der Waals surface area contributed by atoms with Gasteiger partial charge in [0.2, 0.25) is 0 Å². The van der Waals surface area contributed by atoms with Gasteiger partial charge >= 0.3 is 0 Å². The number of halogens is 1. The van der Waals surface area contributed by atoms with Crippen LogP contribution in [-0.4, -0.2) is 14.9 Å². The molecule has 2 rings (SSSR count). The maximum atomic E-state index is 10.8. The van der Waals surface area contributed by atoms with Crippen molar-refractivity contribution >= 4 is 11.6 Å². The van der Waals surface area contributed by atoms with Crippen molar-refractivity contribution in [1.29, 1.82) is 0 Å². The van der Waals surface area contributed by atoms with Crippen molar-refractivity contribution < 1.29 is 5.11 Å². The highest BCUT2D eigenvalue weighted by molar-refractivity contribution is 6.31. The molecule has 1 fully saturated rings. The van der Waals surface area contributed by atoms with Gasteiger partial charge in [-0.05, 0) is 38.5 Å². The number of unbranched alkanes of at least 4 members (excludes halogenated alkanes) is 1. The Kier molecular flexibility index (Phi) is 6.12. The van der Waals surface area contributed by atoms with Gasteiger partial charge in [0.15, 0.2) is 0 Å². The minimum atomic E-state index is -0.477. The molecule has 1 unspecified atom stereocenters. The first-order valence-electron chi connectivity index (χ1n) is 8.45. The summed E-state index contributed by atoms with van der Waals surface area (Å²) in [6.07, 6.45) is 9.86. The average Bonchev–Trinajstić information content (AvgIpc) is 2.87.